The number of rotatable bonds is 1. The molecule has 16 heavy (non-hydrogen) atoms. The average Bonchev–Trinajstić information content (AvgIpc) is 2.18. The summed E-state index contributed by atoms with van der Waals surface area (Å²) in [7, 11) is 0. The molecule has 1 heterocycles. The van der Waals surface area contributed by atoms with E-state index in [1.807, 2.05) is 6.92 Å². The quantitative estimate of drug-likeness (QED) is 0.784. The van der Waals surface area contributed by atoms with Crippen LogP contribution in [-0.4, -0.2) is 5.60 Å². The maximum Gasteiger partial charge on any atom is 0.130 e. The highest BCUT2D eigenvalue weighted by Crippen LogP contribution is 2.35. The van der Waals surface area contributed by atoms with Gasteiger partial charge in [-0.2, -0.15) is 0 Å². The molecule has 1 atom stereocenters. The molecule has 0 fully saturated rings. The van der Waals surface area contributed by atoms with Gasteiger partial charge < -0.3 is 10.5 Å². The summed E-state index contributed by atoms with van der Waals surface area (Å²) in [5.74, 6) is 0.983. The van der Waals surface area contributed by atoms with Crippen molar-refractivity contribution in [2.24, 2.45) is 5.73 Å². The molecule has 0 spiro atoms. The summed E-state index contributed by atoms with van der Waals surface area (Å²) < 4.78 is 5.96. The minimum absolute atomic E-state index is 0.0623. The minimum atomic E-state index is -0.215. The van der Waals surface area contributed by atoms with Crippen molar-refractivity contribution in [3.05, 3.63) is 34.9 Å². The molecule has 1 aromatic rings. The van der Waals surface area contributed by atoms with E-state index < -0.39 is 0 Å². The number of aryl methyl sites for hydroxylation is 1. The summed E-state index contributed by atoms with van der Waals surface area (Å²) in [6.07, 6.45) is 4.21. The van der Waals surface area contributed by atoms with Gasteiger partial charge in [0.15, 0.2) is 0 Å². The Morgan fingerprint density at radius 1 is 1.31 bits per heavy atom. The van der Waals surface area contributed by atoms with Gasteiger partial charge >= 0.3 is 0 Å². The lowest BCUT2D eigenvalue weighted by molar-refractivity contribution is 0.157. The maximum absolute atomic E-state index is 5.96. The third-order valence-electron chi connectivity index (χ3n) is 2.88. The molecule has 2 rings (SSSR count). The second-order valence-corrected chi connectivity index (χ2v) is 5.08. The van der Waals surface area contributed by atoms with E-state index in [1.165, 1.54) is 0 Å². The molecule has 86 valence electrons. The SMILES string of the molecule is Cc1cc(C(C)N)cc2c1OC(C)(C)C=C2. The lowest BCUT2D eigenvalue weighted by Gasteiger charge is -2.29. The topological polar surface area (TPSA) is 35.2 Å². The Morgan fingerprint density at radius 3 is 2.62 bits per heavy atom. The van der Waals surface area contributed by atoms with Gasteiger partial charge in [-0.1, -0.05) is 12.1 Å². The van der Waals surface area contributed by atoms with Crippen LogP contribution in [0.4, 0.5) is 0 Å². The Kier molecular flexibility index (Phi) is 2.55. The van der Waals surface area contributed by atoms with Crippen LogP contribution in [0.2, 0.25) is 0 Å². The highest BCUT2D eigenvalue weighted by atomic mass is 16.5. The summed E-state index contributed by atoms with van der Waals surface area (Å²) in [5.41, 5.74) is 9.13. The van der Waals surface area contributed by atoms with Crippen LogP contribution in [0.25, 0.3) is 6.08 Å². The van der Waals surface area contributed by atoms with E-state index in [0.29, 0.717) is 0 Å². The molecule has 0 radical (unpaired) electrons. The molecule has 1 aliphatic rings. The van der Waals surface area contributed by atoms with Crippen molar-refractivity contribution >= 4 is 6.08 Å². The van der Waals surface area contributed by atoms with E-state index in [4.69, 9.17) is 10.5 Å². The van der Waals surface area contributed by atoms with Crippen LogP contribution in [0.1, 0.15) is 43.5 Å². The summed E-state index contributed by atoms with van der Waals surface area (Å²) >= 11 is 0. The highest BCUT2D eigenvalue weighted by molar-refractivity contribution is 5.64. The molecule has 0 saturated heterocycles. The molecule has 1 unspecified atom stereocenters. The van der Waals surface area contributed by atoms with Crippen LogP contribution >= 0.6 is 0 Å². The van der Waals surface area contributed by atoms with Gasteiger partial charge in [0.25, 0.3) is 0 Å². The van der Waals surface area contributed by atoms with Crippen molar-refractivity contribution in [2.45, 2.75) is 39.3 Å². The molecule has 1 aromatic carbocycles. The Balaban J connectivity index is 2.52. The number of hydrogen-bond acceptors (Lipinski definition) is 2. The molecular weight excluding hydrogens is 198 g/mol. The van der Waals surface area contributed by atoms with Crippen molar-refractivity contribution in [3.63, 3.8) is 0 Å². The zero-order valence-corrected chi connectivity index (χ0v) is 10.4. The van der Waals surface area contributed by atoms with Crippen molar-refractivity contribution in [1.29, 1.82) is 0 Å². The van der Waals surface area contributed by atoms with Gasteiger partial charge in [-0.15, -0.1) is 0 Å². The molecule has 0 bridgehead atoms. The smallest absolute Gasteiger partial charge is 0.130 e. The highest BCUT2D eigenvalue weighted by Gasteiger charge is 2.23. The summed E-state index contributed by atoms with van der Waals surface area (Å²) in [6.45, 7) is 8.19. The van der Waals surface area contributed by atoms with Gasteiger partial charge in [0, 0.05) is 11.6 Å². The molecule has 1 aliphatic heterocycles. The number of benzene rings is 1. The van der Waals surface area contributed by atoms with Crippen LogP contribution < -0.4 is 10.5 Å². The van der Waals surface area contributed by atoms with Gasteiger partial charge in [-0.25, -0.2) is 0 Å². The van der Waals surface area contributed by atoms with Gasteiger partial charge in [0.1, 0.15) is 11.4 Å². The number of nitrogens with two attached hydrogens (primary N) is 1. The third-order valence-corrected chi connectivity index (χ3v) is 2.88. The molecular formula is C14H19NO. The first-order chi connectivity index (χ1) is 7.39. The second kappa shape index (κ2) is 3.63. The molecule has 0 saturated carbocycles. The first-order valence-electron chi connectivity index (χ1n) is 5.67. The predicted octanol–water partition coefficient (Wildman–Crippen LogP) is 3.20. The van der Waals surface area contributed by atoms with E-state index in [2.05, 4.69) is 45.1 Å². The van der Waals surface area contributed by atoms with E-state index in [9.17, 15) is 0 Å². The maximum atomic E-state index is 5.96. The van der Waals surface area contributed by atoms with Crippen LogP contribution in [0, 0.1) is 6.92 Å². The summed E-state index contributed by atoms with van der Waals surface area (Å²) in [5, 5.41) is 0. The molecule has 0 aromatic heterocycles. The molecule has 0 amide bonds. The van der Waals surface area contributed by atoms with E-state index in [-0.39, 0.29) is 11.6 Å². The standard InChI is InChI=1S/C14H19NO/c1-9-7-12(10(2)15)8-11-5-6-14(3,4)16-13(9)11/h5-8,10H,15H2,1-4H3. The van der Waals surface area contributed by atoms with Crippen molar-refractivity contribution < 1.29 is 4.74 Å². The molecule has 2 N–H and O–H groups in total. The number of hydrogen-bond donors (Lipinski definition) is 1. The zero-order chi connectivity index (χ0) is 11.9. The Bertz CT molecular complexity index is 444. The summed E-state index contributed by atoms with van der Waals surface area (Å²) in [6, 6.07) is 4.28. The fraction of sp³-hybridized carbons (Fsp3) is 0.429. The first kappa shape index (κ1) is 11.2. The fourth-order valence-corrected chi connectivity index (χ4v) is 1.94. The van der Waals surface area contributed by atoms with Crippen LogP contribution in [-0.2, 0) is 0 Å². The summed E-state index contributed by atoms with van der Waals surface area (Å²) in [4.78, 5) is 0. The van der Waals surface area contributed by atoms with Crippen molar-refractivity contribution in [2.75, 3.05) is 0 Å². The minimum Gasteiger partial charge on any atom is -0.483 e. The first-order valence-corrected chi connectivity index (χ1v) is 5.67. The lowest BCUT2D eigenvalue weighted by Crippen LogP contribution is -2.28. The van der Waals surface area contributed by atoms with E-state index in [1.54, 1.807) is 0 Å². The van der Waals surface area contributed by atoms with Gasteiger partial charge in [0.2, 0.25) is 0 Å². The van der Waals surface area contributed by atoms with E-state index >= 15 is 0 Å². The van der Waals surface area contributed by atoms with Gasteiger partial charge in [0.05, 0.1) is 0 Å². The molecule has 2 heteroatoms. The van der Waals surface area contributed by atoms with Crippen molar-refractivity contribution in [1.82, 2.24) is 0 Å². The van der Waals surface area contributed by atoms with Crippen LogP contribution in [0.15, 0.2) is 18.2 Å². The number of ether oxygens (including phenoxy) is 1. The van der Waals surface area contributed by atoms with E-state index in [0.717, 1.165) is 22.4 Å². The monoisotopic (exact) mass is 217 g/mol. The normalized spacial score (nSPS) is 18.8. The Labute approximate surface area is 97.1 Å². The van der Waals surface area contributed by atoms with Crippen LogP contribution in [0.5, 0.6) is 5.75 Å². The Hall–Kier alpha value is -1.28. The second-order valence-electron chi connectivity index (χ2n) is 5.08. The van der Waals surface area contributed by atoms with Gasteiger partial charge in [-0.3, -0.25) is 0 Å². The van der Waals surface area contributed by atoms with Gasteiger partial charge in [-0.05, 0) is 51.0 Å². The van der Waals surface area contributed by atoms with Crippen molar-refractivity contribution in [3.8, 4) is 5.75 Å². The molecule has 2 nitrogen and oxygen atoms in total. The third kappa shape index (κ3) is 1.98. The largest absolute Gasteiger partial charge is 0.483 e. The lowest BCUT2D eigenvalue weighted by atomic mass is 9.96. The Morgan fingerprint density at radius 2 is 2.00 bits per heavy atom. The zero-order valence-electron chi connectivity index (χ0n) is 10.4. The average molecular weight is 217 g/mol. The number of fused-ring (bicyclic) bond motifs is 1. The predicted molar refractivity (Wildman–Crippen MR) is 67.5 cm³/mol. The fourth-order valence-electron chi connectivity index (χ4n) is 1.94. The molecule has 0 aliphatic carbocycles. The van der Waals surface area contributed by atoms with Crippen LogP contribution in [0.3, 0.4) is 0 Å².